The van der Waals surface area contributed by atoms with Gasteiger partial charge in [-0.1, -0.05) is 90.6 Å². The van der Waals surface area contributed by atoms with Crippen LogP contribution in [-0.2, 0) is 4.79 Å². The molecule has 0 aromatic heterocycles. The normalized spacial score (nSPS) is 17.0. The van der Waals surface area contributed by atoms with Crippen LogP contribution in [0.1, 0.15) is 16.5 Å². The second kappa shape index (κ2) is 9.16. The lowest BCUT2D eigenvalue weighted by molar-refractivity contribution is -0.114. The van der Waals surface area contributed by atoms with Crippen molar-refractivity contribution in [3.63, 3.8) is 0 Å². The van der Waals surface area contributed by atoms with Gasteiger partial charge >= 0.3 is 0 Å². The number of amides is 1. The van der Waals surface area contributed by atoms with Crippen LogP contribution in [0.2, 0.25) is 0 Å². The Morgan fingerprint density at radius 1 is 0.719 bits per heavy atom. The standard InChI is InChI=1S/C28H21NO2S/c30-27-26(20-21-11-10-18-25(19-21)31-24-16-8-3-9-17-24)32-28(22-12-4-1-5-13-22)29(27)23-14-6-2-7-15-23/h1-20,28H/b26-20-. The molecule has 5 rings (SSSR count). The predicted octanol–water partition coefficient (Wildman–Crippen LogP) is 7.30. The smallest absolute Gasteiger partial charge is 0.266 e. The average molecular weight is 436 g/mol. The summed E-state index contributed by atoms with van der Waals surface area (Å²) in [6.07, 6.45) is 1.95. The van der Waals surface area contributed by atoms with Crippen molar-refractivity contribution in [2.75, 3.05) is 4.90 Å². The molecule has 1 aliphatic heterocycles. The van der Waals surface area contributed by atoms with Gasteiger partial charge in [0.25, 0.3) is 5.91 Å². The van der Waals surface area contributed by atoms with E-state index in [1.807, 2.05) is 114 Å². The zero-order chi connectivity index (χ0) is 21.8. The van der Waals surface area contributed by atoms with Crippen LogP contribution in [0.15, 0.2) is 120 Å². The van der Waals surface area contributed by atoms with Gasteiger partial charge in [-0.15, -0.1) is 0 Å². The second-order valence-electron chi connectivity index (χ2n) is 7.39. The Balaban J connectivity index is 1.47. The lowest BCUT2D eigenvalue weighted by Crippen LogP contribution is -2.27. The summed E-state index contributed by atoms with van der Waals surface area (Å²) in [7, 11) is 0. The van der Waals surface area contributed by atoms with Crippen molar-refractivity contribution in [2.24, 2.45) is 0 Å². The first-order chi connectivity index (χ1) is 15.8. The largest absolute Gasteiger partial charge is 0.457 e. The van der Waals surface area contributed by atoms with Crippen LogP contribution in [0.25, 0.3) is 6.08 Å². The fraction of sp³-hybridized carbons (Fsp3) is 0.0357. The van der Waals surface area contributed by atoms with E-state index in [2.05, 4.69) is 12.1 Å². The van der Waals surface area contributed by atoms with Crippen molar-refractivity contribution in [3.8, 4) is 11.5 Å². The molecule has 0 spiro atoms. The highest BCUT2D eigenvalue weighted by Crippen LogP contribution is 2.48. The summed E-state index contributed by atoms with van der Waals surface area (Å²) >= 11 is 1.58. The molecule has 4 aromatic carbocycles. The van der Waals surface area contributed by atoms with Crippen LogP contribution in [-0.4, -0.2) is 5.91 Å². The summed E-state index contributed by atoms with van der Waals surface area (Å²) in [5.41, 5.74) is 2.92. The molecule has 0 aliphatic carbocycles. The van der Waals surface area contributed by atoms with Crippen LogP contribution in [0.4, 0.5) is 5.69 Å². The number of carbonyl (C=O) groups excluding carboxylic acids is 1. The van der Waals surface area contributed by atoms with Crippen molar-refractivity contribution < 1.29 is 9.53 Å². The third-order valence-corrected chi connectivity index (χ3v) is 6.41. The maximum atomic E-state index is 13.5. The van der Waals surface area contributed by atoms with Crippen molar-refractivity contribution in [3.05, 3.63) is 131 Å². The number of hydrogen-bond acceptors (Lipinski definition) is 3. The molecule has 156 valence electrons. The molecule has 4 aromatic rings. The molecule has 1 fully saturated rings. The first-order valence-electron chi connectivity index (χ1n) is 10.4. The number of para-hydroxylation sites is 2. The highest BCUT2D eigenvalue weighted by Gasteiger charge is 2.38. The van der Waals surface area contributed by atoms with E-state index in [1.165, 1.54) is 0 Å². The number of nitrogens with zero attached hydrogens (tertiary/aromatic N) is 1. The zero-order valence-corrected chi connectivity index (χ0v) is 18.1. The van der Waals surface area contributed by atoms with Gasteiger partial charge in [0.05, 0.1) is 4.91 Å². The van der Waals surface area contributed by atoms with Gasteiger partial charge in [0.2, 0.25) is 0 Å². The summed E-state index contributed by atoms with van der Waals surface area (Å²) in [5, 5.41) is -0.110. The summed E-state index contributed by atoms with van der Waals surface area (Å²) in [4.78, 5) is 16.1. The Labute approximate surface area is 192 Å². The summed E-state index contributed by atoms with van der Waals surface area (Å²) in [5.74, 6) is 1.52. The average Bonchev–Trinajstić information content (AvgIpc) is 3.17. The van der Waals surface area contributed by atoms with Crippen LogP contribution < -0.4 is 9.64 Å². The fourth-order valence-corrected chi connectivity index (χ4v) is 4.92. The van der Waals surface area contributed by atoms with Gasteiger partial charge in [0, 0.05) is 5.69 Å². The van der Waals surface area contributed by atoms with Gasteiger partial charge in [-0.3, -0.25) is 9.69 Å². The number of rotatable bonds is 5. The Hall–Kier alpha value is -3.76. The van der Waals surface area contributed by atoms with Crippen molar-refractivity contribution in [1.82, 2.24) is 0 Å². The second-order valence-corrected chi connectivity index (χ2v) is 8.51. The quantitative estimate of drug-likeness (QED) is 0.308. The third-order valence-electron chi connectivity index (χ3n) is 5.16. The minimum atomic E-state index is -0.110. The molecule has 1 saturated heterocycles. The molecular formula is C28H21NO2S. The Morgan fingerprint density at radius 2 is 1.34 bits per heavy atom. The molecule has 4 heteroatoms. The lowest BCUT2D eigenvalue weighted by Gasteiger charge is -2.23. The minimum absolute atomic E-state index is 0.00411. The SMILES string of the molecule is O=C1/C(=C/c2cccc(Oc3ccccc3)c2)SC(c2ccccc2)N1c1ccccc1. The van der Waals surface area contributed by atoms with Gasteiger partial charge in [-0.25, -0.2) is 0 Å². The first kappa shape index (κ1) is 20.2. The van der Waals surface area contributed by atoms with Crippen molar-refractivity contribution in [1.29, 1.82) is 0 Å². The summed E-state index contributed by atoms with van der Waals surface area (Å²) < 4.78 is 5.96. The van der Waals surface area contributed by atoms with Crippen LogP contribution in [0.5, 0.6) is 11.5 Å². The Bertz CT molecular complexity index is 1240. The van der Waals surface area contributed by atoms with E-state index in [4.69, 9.17) is 4.74 Å². The molecule has 3 nitrogen and oxygen atoms in total. The lowest BCUT2D eigenvalue weighted by atomic mass is 10.1. The van der Waals surface area contributed by atoms with Crippen molar-refractivity contribution in [2.45, 2.75) is 5.37 Å². The zero-order valence-electron chi connectivity index (χ0n) is 17.3. The molecule has 1 unspecified atom stereocenters. The molecule has 0 N–H and O–H groups in total. The van der Waals surface area contributed by atoms with E-state index in [-0.39, 0.29) is 11.3 Å². The number of carbonyl (C=O) groups is 1. The number of thioether (sulfide) groups is 1. The molecule has 32 heavy (non-hydrogen) atoms. The highest BCUT2D eigenvalue weighted by atomic mass is 32.2. The Kier molecular flexibility index (Phi) is 5.77. The van der Waals surface area contributed by atoms with E-state index in [1.54, 1.807) is 11.8 Å². The van der Waals surface area contributed by atoms with Crippen LogP contribution >= 0.6 is 11.8 Å². The topological polar surface area (TPSA) is 29.5 Å². The third kappa shape index (κ3) is 4.32. The molecule has 1 aliphatic rings. The molecule has 0 saturated carbocycles. The Morgan fingerprint density at radius 3 is 2.06 bits per heavy atom. The number of anilines is 1. The van der Waals surface area contributed by atoms with E-state index in [9.17, 15) is 4.79 Å². The van der Waals surface area contributed by atoms with Crippen LogP contribution in [0, 0.1) is 0 Å². The van der Waals surface area contributed by atoms with E-state index in [0.717, 1.165) is 28.3 Å². The van der Waals surface area contributed by atoms with E-state index < -0.39 is 0 Å². The van der Waals surface area contributed by atoms with Gasteiger partial charge in [0.15, 0.2) is 0 Å². The van der Waals surface area contributed by atoms with E-state index >= 15 is 0 Å². The molecule has 0 bridgehead atoms. The predicted molar refractivity (Wildman–Crippen MR) is 132 cm³/mol. The summed E-state index contributed by atoms with van der Waals surface area (Å²) in [6.45, 7) is 0. The van der Waals surface area contributed by atoms with Gasteiger partial charge in [-0.2, -0.15) is 0 Å². The van der Waals surface area contributed by atoms with Gasteiger partial charge < -0.3 is 4.74 Å². The maximum absolute atomic E-state index is 13.5. The fourth-order valence-electron chi connectivity index (χ4n) is 3.66. The highest BCUT2D eigenvalue weighted by molar-refractivity contribution is 8.05. The maximum Gasteiger partial charge on any atom is 0.266 e. The molecule has 1 amide bonds. The number of ether oxygens (including phenoxy) is 1. The van der Waals surface area contributed by atoms with E-state index in [0.29, 0.717) is 4.91 Å². The van der Waals surface area contributed by atoms with Crippen molar-refractivity contribution >= 4 is 29.4 Å². The summed E-state index contributed by atoms with van der Waals surface area (Å²) in [6, 6.07) is 37.5. The minimum Gasteiger partial charge on any atom is -0.457 e. The molecule has 1 atom stereocenters. The van der Waals surface area contributed by atoms with Crippen LogP contribution in [0.3, 0.4) is 0 Å². The molecule has 1 heterocycles. The van der Waals surface area contributed by atoms with Gasteiger partial charge in [0.1, 0.15) is 16.9 Å². The molecule has 0 radical (unpaired) electrons. The monoisotopic (exact) mass is 435 g/mol. The molecular weight excluding hydrogens is 414 g/mol. The number of hydrogen-bond donors (Lipinski definition) is 0. The first-order valence-corrected chi connectivity index (χ1v) is 11.3. The van der Waals surface area contributed by atoms with Gasteiger partial charge in [-0.05, 0) is 53.6 Å². The number of benzene rings is 4.